The van der Waals surface area contributed by atoms with Crippen LogP contribution in [0.4, 0.5) is 0 Å². The fraction of sp³-hybridized carbons (Fsp3) is 0.429. The Kier molecular flexibility index (Phi) is 5.16. The van der Waals surface area contributed by atoms with Gasteiger partial charge in [0, 0.05) is 23.6 Å². The minimum atomic E-state index is -0.103. The lowest BCUT2D eigenvalue weighted by Gasteiger charge is -2.37. The molecule has 140 valence electrons. The van der Waals surface area contributed by atoms with Crippen molar-refractivity contribution >= 4 is 0 Å². The molecular weight excluding hydrogens is 332 g/mol. The zero-order valence-corrected chi connectivity index (χ0v) is 16.2. The summed E-state index contributed by atoms with van der Waals surface area (Å²) in [7, 11) is 6.59. The van der Waals surface area contributed by atoms with E-state index in [9.17, 15) is 0 Å². The fourth-order valence-corrected chi connectivity index (χ4v) is 3.58. The molecule has 5 nitrogen and oxygen atoms in total. The van der Waals surface area contributed by atoms with Gasteiger partial charge in [-0.15, -0.1) is 0 Å². The predicted molar refractivity (Wildman–Crippen MR) is 100 cm³/mol. The number of fused-ring (bicyclic) bond motifs is 1. The molecule has 0 saturated heterocycles. The van der Waals surface area contributed by atoms with Gasteiger partial charge in [-0.1, -0.05) is 19.9 Å². The number of benzene rings is 2. The van der Waals surface area contributed by atoms with Crippen molar-refractivity contribution in [2.45, 2.75) is 25.9 Å². The molecule has 0 saturated carbocycles. The third kappa shape index (κ3) is 3.02. The van der Waals surface area contributed by atoms with Crippen LogP contribution < -0.4 is 23.7 Å². The molecule has 1 aliphatic rings. The molecule has 0 aliphatic carbocycles. The summed E-state index contributed by atoms with van der Waals surface area (Å²) in [4.78, 5) is 0. The van der Waals surface area contributed by atoms with Gasteiger partial charge in [0.05, 0.1) is 28.4 Å². The summed E-state index contributed by atoms with van der Waals surface area (Å²) < 4.78 is 28.2. The van der Waals surface area contributed by atoms with E-state index in [1.54, 1.807) is 28.4 Å². The molecule has 0 amide bonds. The van der Waals surface area contributed by atoms with Gasteiger partial charge in [-0.25, -0.2) is 0 Å². The Hall–Kier alpha value is -2.56. The van der Waals surface area contributed by atoms with Crippen LogP contribution in [0.3, 0.4) is 0 Å². The Morgan fingerprint density at radius 1 is 0.769 bits per heavy atom. The monoisotopic (exact) mass is 358 g/mol. The third-order valence-electron chi connectivity index (χ3n) is 5.24. The Bertz CT molecular complexity index is 786. The van der Waals surface area contributed by atoms with Crippen molar-refractivity contribution in [2.24, 2.45) is 5.92 Å². The van der Waals surface area contributed by atoms with Crippen LogP contribution in [0.15, 0.2) is 30.3 Å². The second kappa shape index (κ2) is 7.36. The van der Waals surface area contributed by atoms with Crippen LogP contribution in [0.25, 0.3) is 0 Å². The number of ether oxygens (including phenoxy) is 5. The van der Waals surface area contributed by atoms with Crippen molar-refractivity contribution in [3.05, 3.63) is 41.5 Å². The summed E-state index contributed by atoms with van der Waals surface area (Å²) in [6.45, 7) is 4.40. The highest BCUT2D eigenvalue weighted by Gasteiger charge is 2.36. The van der Waals surface area contributed by atoms with Crippen molar-refractivity contribution < 1.29 is 23.7 Å². The molecule has 0 fully saturated rings. The van der Waals surface area contributed by atoms with Crippen LogP contribution in [0.1, 0.15) is 37.0 Å². The van der Waals surface area contributed by atoms with Gasteiger partial charge in [0.1, 0.15) is 23.4 Å². The SMILES string of the molecule is COc1cc(OC)c2c(c1)OC(c1ccc(OC)c(OC)c1)C(C)C2C. The highest BCUT2D eigenvalue weighted by Crippen LogP contribution is 2.51. The first-order valence-corrected chi connectivity index (χ1v) is 8.68. The standard InChI is InChI=1S/C21H26O5/c1-12-13(2)21(14-7-8-16(23-4)17(9-14)24-5)26-19-11-15(22-3)10-18(25-6)20(12)19/h7-13,21H,1-6H3. The maximum absolute atomic E-state index is 6.40. The van der Waals surface area contributed by atoms with Crippen molar-refractivity contribution in [3.8, 4) is 28.7 Å². The van der Waals surface area contributed by atoms with Crippen LogP contribution in [0.5, 0.6) is 28.7 Å². The summed E-state index contributed by atoms with van der Waals surface area (Å²) in [5.41, 5.74) is 2.13. The molecule has 3 unspecified atom stereocenters. The summed E-state index contributed by atoms with van der Waals surface area (Å²) in [5.74, 6) is 4.23. The summed E-state index contributed by atoms with van der Waals surface area (Å²) in [5, 5.41) is 0. The first kappa shape index (κ1) is 18.2. The zero-order chi connectivity index (χ0) is 18.8. The van der Waals surface area contributed by atoms with E-state index in [-0.39, 0.29) is 17.9 Å². The van der Waals surface area contributed by atoms with Gasteiger partial charge in [0.25, 0.3) is 0 Å². The van der Waals surface area contributed by atoms with E-state index >= 15 is 0 Å². The predicted octanol–water partition coefficient (Wildman–Crippen LogP) is 4.59. The molecule has 1 aliphatic heterocycles. The van der Waals surface area contributed by atoms with Gasteiger partial charge in [-0.3, -0.25) is 0 Å². The highest BCUT2D eigenvalue weighted by atomic mass is 16.5. The third-order valence-corrected chi connectivity index (χ3v) is 5.24. The van der Waals surface area contributed by atoms with Crippen LogP contribution in [0.2, 0.25) is 0 Å². The first-order valence-electron chi connectivity index (χ1n) is 8.68. The maximum Gasteiger partial charge on any atom is 0.161 e. The molecule has 0 spiro atoms. The van der Waals surface area contributed by atoms with E-state index in [2.05, 4.69) is 13.8 Å². The molecule has 0 aromatic heterocycles. The molecule has 1 heterocycles. The molecule has 0 N–H and O–H groups in total. The van der Waals surface area contributed by atoms with E-state index < -0.39 is 0 Å². The smallest absolute Gasteiger partial charge is 0.161 e. The zero-order valence-electron chi connectivity index (χ0n) is 16.2. The van der Waals surface area contributed by atoms with Crippen molar-refractivity contribution in [2.75, 3.05) is 28.4 Å². The summed E-state index contributed by atoms with van der Waals surface area (Å²) in [6.07, 6.45) is -0.103. The van der Waals surface area contributed by atoms with Gasteiger partial charge < -0.3 is 23.7 Å². The van der Waals surface area contributed by atoms with Crippen LogP contribution in [-0.4, -0.2) is 28.4 Å². The van der Waals surface area contributed by atoms with Crippen LogP contribution in [0, 0.1) is 5.92 Å². The van der Waals surface area contributed by atoms with Crippen molar-refractivity contribution in [1.82, 2.24) is 0 Å². The van der Waals surface area contributed by atoms with E-state index in [0.29, 0.717) is 17.2 Å². The molecular formula is C21H26O5. The van der Waals surface area contributed by atoms with Gasteiger partial charge in [0.2, 0.25) is 0 Å². The molecule has 0 bridgehead atoms. The summed E-state index contributed by atoms with van der Waals surface area (Å²) >= 11 is 0. The first-order chi connectivity index (χ1) is 12.5. The lowest BCUT2D eigenvalue weighted by molar-refractivity contribution is 0.104. The second-order valence-corrected chi connectivity index (χ2v) is 6.54. The molecule has 2 aromatic rings. The molecule has 2 aromatic carbocycles. The van der Waals surface area contributed by atoms with Crippen molar-refractivity contribution in [3.63, 3.8) is 0 Å². The average Bonchev–Trinajstić information content (AvgIpc) is 2.68. The van der Waals surface area contributed by atoms with E-state index in [1.165, 1.54) is 0 Å². The van der Waals surface area contributed by atoms with Gasteiger partial charge >= 0.3 is 0 Å². The average molecular weight is 358 g/mol. The Morgan fingerprint density at radius 3 is 2.08 bits per heavy atom. The van der Waals surface area contributed by atoms with Crippen molar-refractivity contribution in [1.29, 1.82) is 0 Å². The second-order valence-electron chi connectivity index (χ2n) is 6.54. The topological polar surface area (TPSA) is 46.2 Å². The number of rotatable bonds is 5. The minimum Gasteiger partial charge on any atom is -0.496 e. The highest BCUT2D eigenvalue weighted by molar-refractivity contribution is 5.54. The summed E-state index contributed by atoms with van der Waals surface area (Å²) in [6, 6.07) is 9.75. The van der Waals surface area contributed by atoms with E-state index in [4.69, 9.17) is 23.7 Å². The number of hydrogen-bond acceptors (Lipinski definition) is 5. The van der Waals surface area contributed by atoms with Gasteiger partial charge in [-0.2, -0.15) is 0 Å². The number of hydrogen-bond donors (Lipinski definition) is 0. The molecule has 5 heteroatoms. The lowest BCUT2D eigenvalue weighted by Crippen LogP contribution is -2.27. The normalized spacial score (nSPS) is 21.4. The Balaban J connectivity index is 2.05. The van der Waals surface area contributed by atoms with E-state index in [0.717, 1.165) is 22.6 Å². The minimum absolute atomic E-state index is 0.103. The molecule has 3 rings (SSSR count). The number of methoxy groups -OCH3 is 4. The molecule has 3 atom stereocenters. The molecule has 26 heavy (non-hydrogen) atoms. The fourth-order valence-electron chi connectivity index (χ4n) is 3.58. The van der Waals surface area contributed by atoms with Crippen LogP contribution >= 0.6 is 0 Å². The van der Waals surface area contributed by atoms with Crippen LogP contribution in [-0.2, 0) is 0 Å². The van der Waals surface area contributed by atoms with Gasteiger partial charge in [-0.05, 0) is 23.6 Å². The quantitative estimate of drug-likeness (QED) is 0.782. The maximum atomic E-state index is 6.40. The molecule has 0 radical (unpaired) electrons. The van der Waals surface area contributed by atoms with Gasteiger partial charge in [0.15, 0.2) is 11.5 Å². The Labute approximate surface area is 154 Å². The Morgan fingerprint density at radius 2 is 1.46 bits per heavy atom. The lowest BCUT2D eigenvalue weighted by atomic mass is 9.79. The largest absolute Gasteiger partial charge is 0.496 e. The van der Waals surface area contributed by atoms with E-state index in [1.807, 2.05) is 30.3 Å².